The maximum Gasteiger partial charge on any atom is 0.0843 e. The lowest BCUT2D eigenvalue weighted by molar-refractivity contribution is 0.0307. The zero-order valence-corrected chi connectivity index (χ0v) is 11.7. The highest BCUT2D eigenvalue weighted by Gasteiger charge is 2.33. The van der Waals surface area contributed by atoms with E-state index in [0.29, 0.717) is 0 Å². The Hall–Kier alpha value is -0.860. The first-order valence-electron chi connectivity index (χ1n) is 7.69. The number of hydrogen-bond acceptors (Lipinski definition) is 2. The topological polar surface area (TPSA) is 29.5 Å². The second-order valence-corrected chi connectivity index (χ2v) is 6.01. The molecule has 3 unspecified atom stereocenters. The van der Waals surface area contributed by atoms with Gasteiger partial charge in [-0.15, -0.1) is 0 Å². The summed E-state index contributed by atoms with van der Waals surface area (Å²) >= 11 is 0. The Balaban J connectivity index is 1.70. The lowest BCUT2D eigenvalue weighted by Gasteiger charge is -2.27. The average Bonchev–Trinajstić information content (AvgIpc) is 2.85. The van der Waals surface area contributed by atoms with E-state index < -0.39 is 0 Å². The van der Waals surface area contributed by atoms with Crippen LogP contribution in [0.1, 0.15) is 62.2 Å². The van der Waals surface area contributed by atoms with Crippen LogP contribution in [-0.2, 0) is 4.74 Å². The van der Waals surface area contributed by atoms with Gasteiger partial charge in [0.1, 0.15) is 0 Å². The molecule has 1 aliphatic heterocycles. The highest BCUT2D eigenvalue weighted by molar-refractivity contribution is 5.28. The Kier molecular flexibility index (Phi) is 3.90. The van der Waals surface area contributed by atoms with Gasteiger partial charge in [0.2, 0.25) is 0 Å². The van der Waals surface area contributed by atoms with Crippen molar-refractivity contribution in [3.8, 4) is 0 Å². The molecule has 1 aliphatic carbocycles. The zero-order chi connectivity index (χ0) is 13.2. The minimum absolute atomic E-state index is 0.223. The number of aliphatic hydroxyl groups excluding tert-OH is 1. The van der Waals surface area contributed by atoms with Gasteiger partial charge in [0.05, 0.1) is 12.2 Å². The van der Waals surface area contributed by atoms with Gasteiger partial charge in [0.15, 0.2) is 0 Å². The van der Waals surface area contributed by atoms with E-state index in [1.54, 1.807) is 0 Å². The summed E-state index contributed by atoms with van der Waals surface area (Å²) in [5, 5.41) is 10.5. The van der Waals surface area contributed by atoms with Crippen molar-refractivity contribution in [1.82, 2.24) is 0 Å². The minimum atomic E-state index is -0.372. The number of aliphatic hydroxyl groups is 1. The van der Waals surface area contributed by atoms with Gasteiger partial charge in [-0.05, 0) is 42.7 Å². The van der Waals surface area contributed by atoms with Crippen LogP contribution < -0.4 is 0 Å². The van der Waals surface area contributed by atoms with Gasteiger partial charge in [-0.25, -0.2) is 0 Å². The number of ether oxygens (including phenoxy) is 1. The average molecular weight is 260 g/mol. The summed E-state index contributed by atoms with van der Waals surface area (Å²) in [5.74, 6) is 1.03. The third-order valence-corrected chi connectivity index (χ3v) is 4.92. The normalized spacial score (nSPS) is 29.2. The largest absolute Gasteiger partial charge is 0.388 e. The standard InChI is InChI=1S/C17H24O2/c1-2-16-15(10-11-19-16)17(18)14-8-6-13(7-9-14)12-4-3-5-12/h6-9,12,15-18H,2-5,10-11H2,1H3. The number of rotatable bonds is 4. The Bertz CT molecular complexity index is 408. The van der Waals surface area contributed by atoms with Gasteiger partial charge in [-0.1, -0.05) is 37.6 Å². The second-order valence-electron chi connectivity index (χ2n) is 6.01. The summed E-state index contributed by atoms with van der Waals surface area (Å²) in [6, 6.07) is 8.64. The fourth-order valence-corrected chi connectivity index (χ4v) is 3.40. The Morgan fingerprint density at radius 1 is 1.21 bits per heavy atom. The van der Waals surface area contributed by atoms with E-state index in [2.05, 4.69) is 31.2 Å². The Labute approximate surface area is 115 Å². The van der Waals surface area contributed by atoms with Gasteiger partial charge >= 0.3 is 0 Å². The molecule has 0 amide bonds. The molecule has 104 valence electrons. The molecule has 2 aliphatic rings. The molecule has 1 N–H and O–H groups in total. The molecule has 0 radical (unpaired) electrons. The molecule has 3 rings (SSSR count). The quantitative estimate of drug-likeness (QED) is 0.892. The SMILES string of the molecule is CCC1OCCC1C(O)c1ccc(C2CCC2)cc1. The first kappa shape index (κ1) is 13.1. The summed E-state index contributed by atoms with van der Waals surface area (Å²) in [4.78, 5) is 0. The fourth-order valence-electron chi connectivity index (χ4n) is 3.40. The highest BCUT2D eigenvalue weighted by Crippen LogP contribution is 2.38. The fraction of sp³-hybridized carbons (Fsp3) is 0.647. The van der Waals surface area contributed by atoms with Crippen LogP contribution in [0.4, 0.5) is 0 Å². The van der Waals surface area contributed by atoms with Crippen LogP contribution in [0.2, 0.25) is 0 Å². The second kappa shape index (κ2) is 5.64. The molecular weight excluding hydrogens is 236 g/mol. The van der Waals surface area contributed by atoms with Crippen molar-refractivity contribution in [3.63, 3.8) is 0 Å². The molecule has 1 heterocycles. The van der Waals surface area contributed by atoms with Crippen molar-refractivity contribution in [1.29, 1.82) is 0 Å². The van der Waals surface area contributed by atoms with Crippen molar-refractivity contribution < 1.29 is 9.84 Å². The van der Waals surface area contributed by atoms with Gasteiger partial charge in [0.25, 0.3) is 0 Å². The van der Waals surface area contributed by atoms with Crippen molar-refractivity contribution in [2.45, 2.75) is 57.2 Å². The molecule has 2 nitrogen and oxygen atoms in total. The van der Waals surface area contributed by atoms with Crippen LogP contribution in [0.5, 0.6) is 0 Å². The number of hydrogen-bond donors (Lipinski definition) is 1. The van der Waals surface area contributed by atoms with Crippen LogP contribution in [0.3, 0.4) is 0 Å². The molecule has 0 aromatic heterocycles. The van der Waals surface area contributed by atoms with Gasteiger partial charge in [0, 0.05) is 12.5 Å². The summed E-state index contributed by atoms with van der Waals surface area (Å²) in [7, 11) is 0. The molecular formula is C17H24O2. The van der Waals surface area contributed by atoms with Gasteiger partial charge in [-0.2, -0.15) is 0 Å². The third kappa shape index (κ3) is 2.56. The van der Waals surface area contributed by atoms with E-state index in [-0.39, 0.29) is 18.1 Å². The smallest absolute Gasteiger partial charge is 0.0843 e. The highest BCUT2D eigenvalue weighted by atomic mass is 16.5. The monoisotopic (exact) mass is 260 g/mol. The molecule has 19 heavy (non-hydrogen) atoms. The minimum Gasteiger partial charge on any atom is -0.388 e. The predicted octanol–water partition coefficient (Wildman–Crippen LogP) is 3.80. The molecule has 1 aromatic rings. The molecule has 3 atom stereocenters. The molecule has 1 aromatic carbocycles. The molecule has 1 saturated carbocycles. The molecule has 0 spiro atoms. The van der Waals surface area contributed by atoms with Crippen molar-refractivity contribution in [2.24, 2.45) is 5.92 Å². The molecule has 1 saturated heterocycles. The van der Waals surface area contributed by atoms with E-state index >= 15 is 0 Å². The van der Waals surface area contributed by atoms with Crippen LogP contribution in [0.25, 0.3) is 0 Å². The van der Waals surface area contributed by atoms with Crippen LogP contribution in [0.15, 0.2) is 24.3 Å². The van der Waals surface area contributed by atoms with Crippen LogP contribution >= 0.6 is 0 Å². The van der Waals surface area contributed by atoms with Crippen LogP contribution in [-0.4, -0.2) is 17.8 Å². The third-order valence-electron chi connectivity index (χ3n) is 4.92. The Morgan fingerprint density at radius 3 is 2.53 bits per heavy atom. The summed E-state index contributed by atoms with van der Waals surface area (Å²) in [5.41, 5.74) is 2.49. The van der Waals surface area contributed by atoms with Crippen molar-refractivity contribution in [2.75, 3.05) is 6.61 Å². The van der Waals surface area contributed by atoms with Gasteiger partial charge in [-0.3, -0.25) is 0 Å². The van der Waals surface area contributed by atoms with Gasteiger partial charge < -0.3 is 9.84 Å². The lowest BCUT2D eigenvalue weighted by Crippen LogP contribution is -2.22. The van der Waals surface area contributed by atoms with E-state index in [9.17, 15) is 5.11 Å². The summed E-state index contributed by atoms with van der Waals surface area (Å²) in [6.45, 7) is 2.93. The molecule has 2 fully saturated rings. The molecule has 0 bridgehead atoms. The summed E-state index contributed by atoms with van der Waals surface area (Å²) < 4.78 is 5.69. The number of benzene rings is 1. The van der Waals surface area contributed by atoms with E-state index in [1.165, 1.54) is 24.8 Å². The zero-order valence-electron chi connectivity index (χ0n) is 11.7. The predicted molar refractivity (Wildman–Crippen MR) is 76.1 cm³/mol. The maximum absolute atomic E-state index is 10.5. The maximum atomic E-state index is 10.5. The van der Waals surface area contributed by atoms with Crippen molar-refractivity contribution >= 4 is 0 Å². The van der Waals surface area contributed by atoms with E-state index in [4.69, 9.17) is 4.74 Å². The first-order valence-corrected chi connectivity index (χ1v) is 7.69. The first-order chi connectivity index (χ1) is 9.29. The Morgan fingerprint density at radius 2 is 1.95 bits per heavy atom. The van der Waals surface area contributed by atoms with E-state index in [0.717, 1.165) is 30.9 Å². The van der Waals surface area contributed by atoms with Crippen LogP contribution in [0, 0.1) is 5.92 Å². The lowest BCUT2D eigenvalue weighted by atomic mass is 9.79. The summed E-state index contributed by atoms with van der Waals surface area (Å²) in [6.07, 6.45) is 5.84. The van der Waals surface area contributed by atoms with Crippen molar-refractivity contribution in [3.05, 3.63) is 35.4 Å². The molecule has 2 heteroatoms. The van der Waals surface area contributed by atoms with E-state index in [1.807, 2.05) is 0 Å².